The number of hydrogen-bond acceptors (Lipinski definition) is 4. The van der Waals surface area contributed by atoms with Gasteiger partial charge >= 0.3 is 0 Å². The van der Waals surface area contributed by atoms with Crippen LogP contribution in [0.15, 0.2) is 57.7 Å². The van der Waals surface area contributed by atoms with E-state index in [1.807, 2.05) is 36.4 Å². The van der Waals surface area contributed by atoms with Gasteiger partial charge in [-0.15, -0.1) is 0 Å². The van der Waals surface area contributed by atoms with Crippen LogP contribution >= 0.6 is 0 Å². The zero-order chi connectivity index (χ0) is 23.4. The summed E-state index contributed by atoms with van der Waals surface area (Å²) < 4.78 is 11.7. The number of benzene rings is 2. The third kappa shape index (κ3) is 4.53. The predicted molar refractivity (Wildman–Crippen MR) is 129 cm³/mol. The topological polar surface area (TPSA) is 64.2 Å². The van der Waals surface area contributed by atoms with Crippen molar-refractivity contribution >= 4 is 16.9 Å². The Morgan fingerprint density at radius 3 is 2.42 bits per heavy atom. The maximum Gasteiger partial charge on any atom is 0.290 e. The van der Waals surface area contributed by atoms with Crippen molar-refractivity contribution in [2.45, 2.75) is 39.7 Å². The minimum Gasteiger partial charge on any atom is -0.494 e. The van der Waals surface area contributed by atoms with Crippen molar-refractivity contribution in [1.82, 2.24) is 4.90 Å². The average molecular weight is 450 g/mol. The molecule has 1 aliphatic heterocycles. The van der Waals surface area contributed by atoms with Crippen molar-refractivity contribution in [3.8, 4) is 5.75 Å². The molecular formula is C27H33N2O4+. The number of carbonyl (C=O) groups excluding carboxylic acids is 1. The lowest BCUT2D eigenvalue weighted by atomic mass is 9.98. The summed E-state index contributed by atoms with van der Waals surface area (Å²) in [5.41, 5.74) is 1.65. The van der Waals surface area contributed by atoms with E-state index >= 15 is 0 Å². The zero-order valence-corrected chi connectivity index (χ0v) is 19.7. The van der Waals surface area contributed by atoms with Gasteiger partial charge in [0.1, 0.15) is 11.3 Å². The van der Waals surface area contributed by atoms with E-state index in [2.05, 4.69) is 20.8 Å². The number of carbonyl (C=O) groups is 1. The van der Waals surface area contributed by atoms with Crippen LogP contribution in [0.5, 0.6) is 5.75 Å². The van der Waals surface area contributed by atoms with Gasteiger partial charge in [-0.05, 0) is 50.1 Å². The molecule has 0 radical (unpaired) electrons. The Bertz CT molecular complexity index is 1160. The van der Waals surface area contributed by atoms with Crippen LogP contribution in [-0.2, 0) is 0 Å². The predicted octanol–water partition coefficient (Wildman–Crippen LogP) is 3.44. The summed E-state index contributed by atoms with van der Waals surface area (Å²) in [6.45, 7) is 10.7. The number of ether oxygens (including phenoxy) is 1. The molecule has 0 saturated heterocycles. The molecule has 0 fully saturated rings. The van der Waals surface area contributed by atoms with Crippen LogP contribution in [0.4, 0.5) is 0 Å². The molecule has 2 aromatic carbocycles. The number of amides is 1. The van der Waals surface area contributed by atoms with E-state index in [0.717, 1.165) is 43.8 Å². The first-order chi connectivity index (χ1) is 16.1. The van der Waals surface area contributed by atoms with Crippen LogP contribution < -0.4 is 15.1 Å². The molecule has 4 rings (SSSR count). The molecule has 174 valence electrons. The molecule has 1 aromatic heterocycles. The number of hydrogen-bond donors (Lipinski definition) is 1. The molecule has 2 heterocycles. The Labute approximate surface area is 194 Å². The highest BCUT2D eigenvalue weighted by atomic mass is 16.5. The van der Waals surface area contributed by atoms with Crippen molar-refractivity contribution in [3.63, 3.8) is 0 Å². The van der Waals surface area contributed by atoms with Crippen LogP contribution in [0.25, 0.3) is 11.0 Å². The van der Waals surface area contributed by atoms with Crippen LogP contribution in [-0.4, -0.2) is 43.6 Å². The van der Waals surface area contributed by atoms with Crippen LogP contribution in [0.1, 0.15) is 61.3 Å². The first-order valence-electron chi connectivity index (χ1n) is 12.0. The summed E-state index contributed by atoms with van der Waals surface area (Å²) in [7, 11) is 0. The van der Waals surface area contributed by atoms with Gasteiger partial charge in [-0.25, -0.2) is 0 Å². The van der Waals surface area contributed by atoms with E-state index in [9.17, 15) is 9.59 Å². The van der Waals surface area contributed by atoms with Crippen molar-refractivity contribution in [3.05, 3.63) is 75.6 Å². The molecule has 0 spiro atoms. The molecule has 0 aliphatic carbocycles. The second-order valence-electron chi connectivity index (χ2n) is 8.55. The lowest BCUT2D eigenvalue weighted by Crippen LogP contribution is -3.11. The number of nitrogens with one attached hydrogen (secondary N) is 1. The summed E-state index contributed by atoms with van der Waals surface area (Å²) in [5.74, 6) is 0.747. The van der Waals surface area contributed by atoms with Gasteiger partial charge in [0.15, 0.2) is 5.43 Å². The smallest absolute Gasteiger partial charge is 0.290 e. The Kier molecular flexibility index (Phi) is 7.14. The van der Waals surface area contributed by atoms with Gasteiger partial charge in [-0.1, -0.05) is 31.2 Å². The van der Waals surface area contributed by atoms with Gasteiger partial charge in [-0.3, -0.25) is 9.59 Å². The molecule has 33 heavy (non-hydrogen) atoms. The highest BCUT2D eigenvalue weighted by Gasteiger charge is 2.42. The third-order valence-corrected chi connectivity index (χ3v) is 6.47. The molecule has 1 atom stereocenters. The zero-order valence-electron chi connectivity index (χ0n) is 19.7. The number of para-hydroxylation sites is 1. The second kappa shape index (κ2) is 10.2. The molecule has 1 N–H and O–H groups in total. The minimum atomic E-state index is -0.458. The largest absolute Gasteiger partial charge is 0.494 e. The van der Waals surface area contributed by atoms with Gasteiger partial charge < -0.3 is 19.0 Å². The van der Waals surface area contributed by atoms with Crippen LogP contribution in [0.2, 0.25) is 0 Å². The fourth-order valence-electron chi connectivity index (χ4n) is 4.61. The maximum atomic E-state index is 13.5. The van der Waals surface area contributed by atoms with Gasteiger partial charge in [0.05, 0.1) is 43.2 Å². The van der Waals surface area contributed by atoms with Crippen molar-refractivity contribution in [1.29, 1.82) is 0 Å². The first-order valence-corrected chi connectivity index (χ1v) is 12.0. The average Bonchev–Trinajstić information content (AvgIpc) is 3.12. The summed E-state index contributed by atoms with van der Waals surface area (Å²) >= 11 is 0. The highest BCUT2D eigenvalue weighted by Crippen LogP contribution is 2.38. The van der Waals surface area contributed by atoms with Gasteiger partial charge in [0.2, 0.25) is 5.76 Å². The van der Waals surface area contributed by atoms with E-state index in [1.165, 1.54) is 4.90 Å². The number of nitrogens with zero attached hydrogens (tertiary/aromatic N) is 1. The molecule has 1 amide bonds. The van der Waals surface area contributed by atoms with E-state index in [4.69, 9.17) is 9.15 Å². The van der Waals surface area contributed by atoms with Gasteiger partial charge in [0.25, 0.3) is 5.91 Å². The Balaban J connectivity index is 1.73. The fraction of sp³-hybridized carbons (Fsp3) is 0.407. The van der Waals surface area contributed by atoms with E-state index in [-0.39, 0.29) is 17.1 Å². The number of rotatable bonds is 10. The molecule has 6 heteroatoms. The van der Waals surface area contributed by atoms with Gasteiger partial charge in [-0.2, -0.15) is 0 Å². The number of quaternary nitrogens is 1. The molecular weight excluding hydrogens is 416 g/mol. The SMILES string of the molecule is CCCOc1ccc([C@H]2c3c(oc4ccccc4c3=O)C(=O)N2CCC[NH+](CC)CC)cc1. The Morgan fingerprint density at radius 1 is 1.00 bits per heavy atom. The molecule has 3 aromatic rings. The number of fused-ring (bicyclic) bond motifs is 2. The monoisotopic (exact) mass is 449 g/mol. The van der Waals surface area contributed by atoms with Crippen molar-refractivity contribution in [2.24, 2.45) is 0 Å². The van der Waals surface area contributed by atoms with E-state index in [1.54, 1.807) is 17.0 Å². The van der Waals surface area contributed by atoms with Crippen molar-refractivity contribution < 1.29 is 18.8 Å². The summed E-state index contributed by atoms with van der Waals surface area (Å²) in [5, 5.41) is 0.506. The van der Waals surface area contributed by atoms with E-state index in [0.29, 0.717) is 29.7 Å². The molecule has 0 bridgehead atoms. The summed E-state index contributed by atoms with van der Waals surface area (Å²) in [6, 6.07) is 14.4. The lowest BCUT2D eigenvalue weighted by molar-refractivity contribution is -0.896. The lowest BCUT2D eigenvalue weighted by Gasteiger charge is -2.26. The Morgan fingerprint density at radius 2 is 1.73 bits per heavy atom. The van der Waals surface area contributed by atoms with Gasteiger partial charge in [0, 0.05) is 13.0 Å². The van der Waals surface area contributed by atoms with Crippen LogP contribution in [0.3, 0.4) is 0 Å². The molecule has 0 saturated carbocycles. The summed E-state index contributed by atoms with van der Waals surface area (Å²) in [4.78, 5) is 30.3. The maximum absolute atomic E-state index is 13.5. The molecule has 6 nitrogen and oxygen atoms in total. The highest BCUT2D eigenvalue weighted by molar-refractivity contribution is 5.99. The first kappa shape index (κ1) is 23.1. The van der Waals surface area contributed by atoms with E-state index < -0.39 is 6.04 Å². The summed E-state index contributed by atoms with van der Waals surface area (Å²) in [6.07, 6.45) is 1.79. The molecule has 1 aliphatic rings. The Hall–Kier alpha value is -3.12. The van der Waals surface area contributed by atoms with Crippen LogP contribution in [0, 0.1) is 0 Å². The van der Waals surface area contributed by atoms with Crippen molar-refractivity contribution in [2.75, 3.05) is 32.8 Å². The quantitative estimate of drug-likeness (QED) is 0.515. The standard InChI is InChI=1S/C27H32N2O4/c1-4-18-32-20-14-12-19(13-15-20)24-23-25(30)21-10-7-8-11-22(21)33-26(23)27(31)29(24)17-9-16-28(5-2)6-3/h7-8,10-15,24H,4-6,9,16-18H2,1-3H3/p+1/t24-/m0/s1. The second-order valence-corrected chi connectivity index (χ2v) is 8.55. The minimum absolute atomic E-state index is 0.131. The fourth-order valence-corrected chi connectivity index (χ4v) is 4.61. The normalized spacial score (nSPS) is 15.5. The third-order valence-electron chi connectivity index (χ3n) is 6.47. The molecule has 0 unspecified atom stereocenters.